The number of ether oxygens (including phenoxy) is 1. The normalized spacial score (nSPS) is 16.2. The van der Waals surface area contributed by atoms with E-state index in [4.69, 9.17) is 19.6 Å². The van der Waals surface area contributed by atoms with Crippen LogP contribution in [-0.4, -0.2) is 99.0 Å². The minimum Gasteiger partial charge on any atom is -0.444 e. The van der Waals surface area contributed by atoms with Crippen molar-refractivity contribution in [3.05, 3.63) is 59.4 Å². The number of benzene rings is 1. The van der Waals surface area contributed by atoms with Gasteiger partial charge in [0.1, 0.15) is 23.1 Å². The number of nitrogens with one attached hydrogen (secondary N) is 1. The van der Waals surface area contributed by atoms with Crippen LogP contribution in [0.25, 0.3) is 11.3 Å². The van der Waals surface area contributed by atoms with Crippen LogP contribution in [0.5, 0.6) is 0 Å². The Morgan fingerprint density at radius 1 is 0.981 bits per heavy atom. The number of carbonyl (C=O) groups excluding carboxylic acids is 3. The van der Waals surface area contributed by atoms with Gasteiger partial charge in [-0.25, -0.2) is 14.8 Å². The first kappa shape index (κ1) is 38.6. The molecule has 2 aliphatic heterocycles. The highest BCUT2D eigenvalue weighted by Crippen LogP contribution is 2.30. The Kier molecular flexibility index (Phi) is 14.4. The van der Waals surface area contributed by atoms with Crippen LogP contribution in [-0.2, 0) is 26.5 Å². The molecule has 16 heteroatoms. The number of pyridine rings is 1. The number of nitrogen functional groups attached to an aromatic ring is 1. The van der Waals surface area contributed by atoms with Crippen molar-refractivity contribution >= 4 is 66.0 Å². The highest BCUT2D eigenvalue weighted by atomic mass is 35.5. The number of aromatic nitrogens is 3. The molecule has 0 saturated carbocycles. The number of aryl methyl sites for hydroxylation is 1. The van der Waals surface area contributed by atoms with Gasteiger partial charge in [-0.2, -0.15) is 5.26 Å². The Labute approximate surface area is 332 Å². The lowest BCUT2D eigenvalue weighted by atomic mass is 9.96. The fraction of sp³-hybridized carbons (Fsp3) is 0.486. The van der Waals surface area contributed by atoms with Gasteiger partial charge in [-0.15, -0.1) is 24.8 Å². The summed E-state index contributed by atoms with van der Waals surface area (Å²) in [6.45, 7) is 8.33. The zero-order valence-electron chi connectivity index (χ0n) is 33.2. The van der Waals surface area contributed by atoms with Gasteiger partial charge in [0.25, 0.3) is 0 Å². The number of nitriles is 1. The van der Waals surface area contributed by atoms with Crippen LogP contribution in [0.15, 0.2) is 47.6 Å². The van der Waals surface area contributed by atoms with E-state index in [0.29, 0.717) is 67.1 Å². The van der Waals surface area contributed by atoms with Crippen molar-refractivity contribution in [1.82, 2.24) is 29.7 Å². The summed E-state index contributed by atoms with van der Waals surface area (Å²) < 4.78 is 27.2. The summed E-state index contributed by atoms with van der Waals surface area (Å²) in [6.07, 6.45) is 2.55. The van der Waals surface area contributed by atoms with Gasteiger partial charge >= 0.3 is 6.09 Å². The average molecular weight is 790 g/mol. The smallest absolute Gasteiger partial charge is 0.410 e. The summed E-state index contributed by atoms with van der Waals surface area (Å²) >= 11 is 1.30. The van der Waals surface area contributed by atoms with Gasteiger partial charge in [0.2, 0.25) is 11.8 Å². The quantitative estimate of drug-likeness (QED) is 0.188. The van der Waals surface area contributed by atoms with E-state index in [0.717, 1.165) is 43.9 Å². The van der Waals surface area contributed by atoms with Gasteiger partial charge in [0.05, 0.1) is 11.4 Å². The molecule has 2 fully saturated rings. The molecule has 13 nitrogen and oxygen atoms in total. The van der Waals surface area contributed by atoms with E-state index in [2.05, 4.69) is 20.2 Å². The van der Waals surface area contributed by atoms with Gasteiger partial charge in [-0.3, -0.25) is 19.5 Å². The Bertz CT molecular complexity index is 1860. The maximum atomic E-state index is 13.1. The number of anilines is 2. The first-order valence-corrected chi connectivity index (χ1v) is 18.1. The molecule has 1 aromatic carbocycles. The minimum atomic E-state index is -2.78. The number of halogens is 2. The predicted molar refractivity (Wildman–Crippen MR) is 211 cm³/mol. The topological polar surface area (TPSA) is 171 Å². The molecule has 3 N–H and O–H groups in total. The Morgan fingerprint density at radius 3 is 2.30 bits per heavy atom. The highest BCUT2D eigenvalue weighted by Gasteiger charge is 2.29. The largest absolute Gasteiger partial charge is 0.444 e. The van der Waals surface area contributed by atoms with Crippen LogP contribution in [0.3, 0.4) is 0 Å². The number of hydrogen-bond donors (Lipinski definition) is 2. The number of nitrogens with zero attached hydrogens (tertiary/aromatic N) is 7. The summed E-state index contributed by atoms with van der Waals surface area (Å²) in [5.74, 6) is -0.0132. The number of rotatable bonds is 10. The summed E-state index contributed by atoms with van der Waals surface area (Å²) in [7, 11) is 0. The third-order valence-electron chi connectivity index (χ3n) is 8.76. The summed E-state index contributed by atoms with van der Waals surface area (Å²) in [4.78, 5) is 57.2. The molecule has 5 rings (SSSR count). The second-order valence-corrected chi connectivity index (χ2v) is 14.7. The molecule has 0 aliphatic carbocycles. The van der Waals surface area contributed by atoms with E-state index < -0.39 is 18.4 Å². The highest BCUT2D eigenvalue weighted by molar-refractivity contribution is 7.98. The summed E-state index contributed by atoms with van der Waals surface area (Å²) in [5, 5.41) is 12.4. The van der Waals surface area contributed by atoms with Crippen LogP contribution in [0.2, 0.25) is 0 Å². The molecule has 0 spiro atoms. The zero-order chi connectivity index (χ0) is 39.0. The zero-order valence-corrected chi connectivity index (χ0v) is 32.6. The Hall–Kier alpha value is -4.16. The number of amides is 3. The summed E-state index contributed by atoms with van der Waals surface area (Å²) in [6, 6.07) is 14.0. The van der Waals surface area contributed by atoms with E-state index in [-0.39, 0.29) is 53.9 Å². The molecule has 53 heavy (non-hydrogen) atoms. The molecule has 3 aromatic rings. The van der Waals surface area contributed by atoms with E-state index in [9.17, 15) is 19.6 Å². The molecule has 3 amide bonds. The van der Waals surface area contributed by atoms with Gasteiger partial charge in [0.15, 0.2) is 5.16 Å². The molecular formula is C37H49Cl2N9O4S. The molecule has 2 aromatic heterocycles. The summed E-state index contributed by atoms with van der Waals surface area (Å²) in [5.41, 5.74) is 8.46. The van der Waals surface area contributed by atoms with Crippen molar-refractivity contribution in [3.8, 4) is 17.3 Å². The molecule has 0 bridgehead atoms. The first-order chi connectivity index (χ1) is 25.6. The Morgan fingerprint density at radius 2 is 1.66 bits per heavy atom. The molecular weight excluding hydrogens is 737 g/mol. The van der Waals surface area contributed by atoms with Crippen molar-refractivity contribution in [3.63, 3.8) is 0 Å². The minimum absolute atomic E-state index is 0. The number of thioether (sulfide) groups is 1. The van der Waals surface area contributed by atoms with Crippen molar-refractivity contribution in [2.75, 3.05) is 56.9 Å². The van der Waals surface area contributed by atoms with Crippen LogP contribution in [0, 0.1) is 17.2 Å². The molecule has 286 valence electrons. The van der Waals surface area contributed by atoms with E-state index in [1.54, 1.807) is 17.0 Å². The lowest BCUT2D eigenvalue weighted by Crippen LogP contribution is -2.51. The molecule has 0 unspecified atom stereocenters. The SMILES string of the molecule is Cl.Cl.[2H]C([2H])([2H])C(=O)Nc1ccc(-c2nc(SCc3cccc(CCC(=O)N4CCN(CC5CCN(C(=O)OC(C)(C)C)CC5)CC4)n3)nc(N)c2C#N)cc1. The monoisotopic (exact) mass is 788 g/mol. The van der Waals surface area contributed by atoms with Crippen molar-refractivity contribution in [1.29, 1.82) is 5.26 Å². The van der Waals surface area contributed by atoms with Crippen LogP contribution in [0.1, 0.15) is 67.9 Å². The average Bonchev–Trinajstić information content (AvgIpc) is 3.13. The predicted octanol–water partition coefficient (Wildman–Crippen LogP) is 5.81. The second-order valence-electron chi connectivity index (χ2n) is 13.8. The lowest BCUT2D eigenvalue weighted by Gasteiger charge is -2.39. The molecule has 4 heterocycles. The van der Waals surface area contributed by atoms with Gasteiger partial charge < -0.3 is 25.6 Å². The molecule has 2 aliphatic rings. The van der Waals surface area contributed by atoms with Gasteiger partial charge in [-0.05, 0) is 70.2 Å². The van der Waals surface area contributed by atoms with Gasteiger partial charge in [-0.1, -0.05) is 30.0 Å². The van der Waals surface area contributed by atoms with Crippen molar-refractivity contribution in [2.24, 2.45) is 5.92 Å². The third kappa shape index (κ3) is 12.7. The van der Waals surface area contributed by atoms with Gasteiger partial charge in [0, 0.05) is 85.9 Å². The first-order valence-electron chi connectivity index (χ1n) is 18.6. The second kappa shape index (κ2) is 19.8. The number of piperazine rings is 1. The fourth-order valence-corrected chi connectivity index (χ4v) is 6.89. The van der Waals surface area contributed by atoms with E-state index in [1.165, 1.54) is 23.9 Å². The van der Waals surface area contributed by atoms with Crippen molar-refractivity contribution < 1.29 is 23.2 Å². The number of carbonyl (C=O) groups is 3. The third-order valence-corrected chi connectivity index (χ3v) is 9.64. The Balaban J connectivity index is 0.00000420. The van der Waals surface area contributed by atoms with Crippen LogP contribution in [0.4, 0.5) is 16.3 Å². The van der Waals surface area contributed by atoms with Crippen molar-refractivity contribution in [2.45, 2.75) is 69.8 Å². The standard InChI is InChI=1S/C37H47N9O4S.2ClH/c1-25(47)40-29-10-8-27(9-11-29)33-31(22-38)34(39)43-35(42-33)51-24-30-7-5-6-28(41-30)12-13-32(48)45-20-18-44(19-21-45)23-26-14-16-46(17-15-26)36(49)50-37(2,3)4;;/h5-11,26H,12-21,23-24H2,1-4H3,(H,40,47)(H2,39,42,43);2*1H/i1D3;;. The van der Waals surface area contributed by atoms with E-state index in [1.807, 2.05) is 49.9 Å². The number of piperidine rings is 1. The van der Waals surface area contributed by atoms with E-state index >= 15 is 0 Å². The number of nitrogens with two attached hydrogens (primary N) is 1. The number of likely N-dealkylation sites (tertiary alicyclic amines) is 1. The molecule has 0 atom stereocenters. The molecule has 0 radical (unpaired) electrons. The maximum absolute atomic E-state index is 13.1. The van der Waals surface area contributed by atoms with Crippen LogP contribution < -0.4 is 11.1 Å². The molecule has 2 saturated heterocycles. The maximum Gasteiger partial charge on any atom is 0.410 e. The van der Waals surface area contributed by atoms with Crippen LogP contribution >= 0.6 is 36.6 Å². The fourth-order valence-electron chi connectivity index (χ4n) is 6.13. The lowest BCUT2D eigenvalue weighted by molar-refractivity contribution is -0.133. The number of hydrogen-bond acceptors (Lipinski definition) is 11.